The van der Waals surface area contributed by atoms with E-state index in [9.17, 15) is 0 Å². The van der Waals surface area contributed by atoms with E-state index in [1.54, 1.807) is 0 Å². The first kappa shape index (κ1) is 14.5. The van der Waals surface area contributed by atoms with E-state index in [0.29, 0.717) is 6.61 Å². The second-order valence-corrected chi connectivity index (χ2v) is 4.05. The van der Waals surface area contributed by atoms with E-state index in [-0.39, 0.29) is 0 Å². The van der Waals surface area contributed by atoms with Gasteiger partial charge in [0.25, 0.3) is 0 Å². The van der Waals surface area contributed by atoms with Crippen LogP contribution in [0.1, 0.15) is 71.1 Å². The molecule has 0 aliphatic heterocycles. The van der Waals surface area contributed by atoms with Gasteiger partial charge in [0.2, 0.25) is 0 Å². The summed E-state index contributed by atoms with van der Waals surface area (Å²) in [5, 5.41) is 8.59. The fourth-order valence-corrected chi connectivity index (χ4v) is 1.50. The lowest BCUT2D eigenvalue weighted by molar-refractivity contribution is 0.282. The number of rotatable bonds is 9. The fourth-order valence-electron chi connectivity index (χ4n) is 1.50. The van der Waals surface area contributed by atoms with Crippen LogP contribution in [0.5, 0.6) is 0 Å². The lowest BCUT2D eigenvalue weighted by atomic mass is 10.1. The summed E-state index contributed by atoms with van der Waals surface area (Å²) >= 11 is 0. The highest BCUT2D eigenvalue weighted by Crippen LogP contribution is 2.04. The Morgan fingerprint density at radius 2 is 1.27 bits per heavy atom. The highest BCUT2D eigenvalue weighted by atomic mass is 16.2. The molecule has 88 valence electrons. The molecule has 15 heavy (non-hydrogen) atoms. The van der Waals surface area contributed by atoms with E-state index in [4.69, 9.17) is 5.11 Å². The molecular weight excluding hydrogens is 184 g/mol. The van der Waals surface area contributed by atoms with Gasteiger partial charge in [0.15, 0.2) is 0 Å². The van der Waals surface area contributed by atoms with Crippen molar-refractivity contribution in [3.63, 3.8) is 0 Å². The molecule has 0 aliphatic carbocycles. The van der Waals surface area contributed by atoms with Crippen LogP contribution in [0.15, 0.2) is 0 Å². The summed E-state index contributed by atoms with van der Waals surface area (Å²) in [6.45, 7) is 2.57. The minimum absolute atomic E-state index is 0.344. The summed E-state index contributed by atoms with van der Waals surface area (Å²) in [6, 6.07) is 0. The molecule has 1 heteroatoms. The minimum Gasteiger partial charge on any atom is -0.396 e. The number of hydrogen-bond donors (Lipinski definition) is 1. The Bertz CT molecular complexity index is 164. The van der Waals surface area contributed by atoms with Crippen molar-refractivity contribution in [2.75, 3.05) is 6.61 Å². The molecule has 0 rings (SSSR count). The maximum Gasteiger partial charge on any atom is 0.0431 e. The van der Waals surface area contributed by atoms with Crippen LogP contribution in [0.25, 0.3) is 0 Å². The van der Waals surface area contributed by atoms with Crippen molar-refractivity contribution in [3.8, 4) is 11.8 Å². The largest absolute Gasteiger partial charge is 0.396 e. The molecule has 0 saturated heterocycles. The van der Waals surface area contributed by atoms with Gasteiger partial charge in [-0.2, -0.15) is 0 Å². The zero-order valence-electron chi connectivity index (χ0n) is 10.2. The van der Waals surface area contributed by atoms with Crippen LogP contribution < -0.4 is 0 Å². The summed E-state index contributed by atoms with van der Waals surface area (Å²) in [5.41, 5.74) is 0. The molecule has 1 N–H and O–H groups in total. The molecule has 0 fully saturated rings. The lowest BCUT2D eigenvalue weighted by Crippen LogP contribution is -1.83. The predicted octanol–water partition coefficient (Wildman–Crippen LogP) is 3.90. The standard InChI is InChI=1S/C14H26O/c1-2-3-4-5-6-7-8-9-10-11-12-13-14-15/h15H,2-5,8-14H2,1H3. The normalized spacial score (nSPS) is 9.73. The molecule has 0 aromatic carbocycles. The fraction of sp³-hybridized carbons (Fsp3) is 0.857. The van der Waals surface area contributed by atoms with Crippen molar-refractivity contribution in [2.24, 2.45) is 0 Å². The Kier molecular flexibility index (Phi) is 13.1. The van der Waals surface area contributed by atoms with Crippen LogP contribution >= 0.6 is 0 Å². The molecule has 0 amide bonds. The monoisotopic (exact) mass is 210 g/mol. The van der Waals surface area contributed by atoms with Crippen LogP contribution in [0.2, 0.25) is 0 Å². The van der Waals surface area contributed by atoms with E-state index in [1.807, 2.05) is 0 Å². The van der Waals surface area contributed by atoms with Crippen LogP contribution in [0.3, 0.4) is 0 Å². The quantitative estimate of drug-likeness (QED) is 0.452. The summed E-state index contributed by atoms with van der Waals surface area (Å²) in [7, 11) is 0. The Morgan fingerprint density at radius 1 is 0.733 bits per heavy atom. The van der Waals surface area contributed by atoms with Gasteiger partial charge in [0.1, 0.15) is 0 Å². The molecule has 0 atom stereocenters. The first-order valence-electron chi connectivity index (χ1n) is 6.48. The summed E-state index contributed by atoms with van der Waals surface area (Å²) in [4.78, 5) is 0. The van der Waals surface area contributed by atoms with Crippen LogP contribution in [0.4, 0.5) is 0 Å². The maximum atomic E-state index is 8.59. The van der Waals surface area contributed by atoms with Crippen LogP contribution in [0, 0.1) is 11.8 Å². The number of hydrogen-bond acceptors (Lipinski definition) is 1. The van der Waals surface area contributed by atoms with Gasteiger partial charge in [0.05, 0.1) is 0 Å². The molecule has 0 radical (unpaired) electrons. The molecule has 0 heterocycles. The van der Waals surface area contributed by atoms with Gasteiger partial charge in [-0.25, -0.2) is 0 Å². The first-order valence-corrected chi connectivity index (χ1v) is 6.48. The van der Waals surface area contributed by atoms with Gasteiger partial charge in [-0.3, -0.25) is 0 Å². The van der Waals surface area contributed by atoms with Gasteiger partial charge in [-0.05, 0) is 19.3 Å². The maximum absolute atomic E-state index is 8.59. The molecule has 0 saturated carbocycles. The SMILES string of the molecule is CCCCCC#CCCCCCCCO. The Hall–Kier alpha value is -0.480. The predicted molar refractivity (Wildman–Crippen MR) is 66.7 cm³/mol. The highest BCUT2D eigenvalue weighted by molar-refractivity contribution is 4.98. The number of aliphatic hydroxyl groups excluding tert-OH is 1. The van der Waals surface area contributed by atoms with Gasteiger partial charge in [0, 0.05) is 19.4 Å². The molecule has 0 bridgehead atoms. The third-order valence-electron chi connectivity index (χ3n) is 2.49. The van der Waals surface area contributed by atoms with Crippen LogP contribution in [-0.4, -0.2) is 11.7 Å². The third-order valence-corrected chi connectivity index (χ3v) is 2.49. The van der Waals surface area contributed by atoms with E-state index < -0.39 is 0 Å². The van der Waals surface area contributed by atoms with Gasteiger partial charge in [-0.15, -0.1) is 11.8 Å². The number of unbranched alkanes of at least 4 members (excludes halogenated alkanes) is 8. The molecule has 0 aromatic heterocycles. The highest BCUT2D eigenvalue weighted by Gasteiger charge is 1.88. The smallest absolute Gasteiger partial charge is 0.0431 e. The van der Waals surface area contributed by atoms with E-state index in [0.717, 1.165) is 19.3 Å². The number of aliphatic hydroxyl groups is 1. The van der Waals surface area contributed by atoms with Crippen molar-refractivity contribution < 1.29 is 5.11 Å². The molecule has 0 spiro atoms. The summed E-state index contributed by atoms with van der Waals surface area (Å²) in [5.74, 6) is 6.47. The van der Waals surface area contributed by atoms with E-state index >= 15 is 0 Å². The summed E-state index contributed by atoms with van der Waals surface area (Å²) < 4.78 is 0. The Balaban J connectivity index is 3.02. The summed E-state index contributed by atoms with van der Waals surface area (Å²) in [6.07, 6.45) is 11.9. The van der Waals surface area contributed by atoms with Gasteiger partial charge in [-0.1, -0.05) is 39.0 Å². The minimum atomic E-state index is 0.344. The van der Waals surface area contributed by atoms with Crippen molar-refractivity contribution in [1.29, 1.82) is 0 Å². The molecule has 0 aliphatic rings. The zero-order chi connectivity index (χ0) is 11.2. The Labute approximate surface area is 95.3 Å². The molecular formula is C14H26O. The molecule has 0 unspecified atom stereocenters. The van der Waals surface area contributed by atoms with Crippen molar-refractivity contribution in [1.82, 2.24) is 0 Å². The van der Waals surface area contributed by atoms with Gasteiger partial charge >= 0.3 is 0 Å². The average Bonchev–Trinajstić information content (AvgIpc) is 2.26. The van der Waals surface area contributed by atoms with E-state index in [2.05, 4.69) is 18.8 Å². The molecule has 0 aromatic rings. The Morgan fingerprint density at radius 3 is 1.87 bits per heavy atom. The average molecular weight is 210 g/mol. The van der Waals surface area contributed by atoms with E-state index in [1.165, 1.54) is 44.9 Å². The molecule has 1 nitrogen and oxygen atoms in total. The van der Waals surface area contributed by atoms with Crippen molar-refractivity contribution in [2.45, 2.75) is 71.1 Å². The first-order chi connectivity index (χ1) is 7.41. The second-order valence-electron chi connectivity index (χ2n) is 4.05. The van der Waals surface area contributed by atoms with Crippen molar-refractivity contribution in [3.05, 3.63) is 0 Å². The van der Waals surface area contributed by atoms with Crippen molar-refractivity contribution >= 4 is 0 Å². The van der Waals surface area contributed by atoms with Gasteiger partial charge < -0.3 is 5.11 Å². The third kappa shape index (κ3) is 13.5. The lowest BCUT2D eigenvalue weighted by Gasteiger charge is -1.96. The second kappa shape index (κ2) is 13.5. The van der Waals surface area contributed by atoms with Crippen LogP contribution in [-0.2, 0) is 0 Å². The topological polar surface area (TPSA) is 20.2 Å². The zero-order valence-corrected chi connectivity index (χ0v) is 10.2.